The van der Waals surface area contributed by atoms with E-state index in [9.17, 15) is 4.79 Å². The molecular weight excluding hydrogens is 226 g/mol. The lowest BCUT2D eigenvalue weighted by atomic mass is 10.1. The number of primary amides is 1. The second-order valence-corrected chi connectivity index (χ2v) is 4.71. The van der Waals surface area contributed by atoms with Crippen LogP contribution < -0.4 is 5.73 Å². The second kappa shape index (κ2) is 4.64. The molecule has 94 valence electrons. The lowest BCUT2D eigenvalue weighted by Gasteiger charge is -2.12. The molecule has 0 atom stereocenters. The molecule has 0 bridgehead atoms. The molecule has 1 aromatic carbocycles. The number of carbonyl (C=O) groups is 1. The smallest absolute Gasteiger partial charge is 0.252 e. The number of nitrogens with zero attached hydrogens (tertiary/aromatic N) is 2. The van der Waals surface area contributed by atoms with E-state index in [0.717, 1.165) is 16.9 Å². The van der Waals surface area contributed by atoms with Crippen LogP contribution in [0.2, 0.25) is 0 Å². The number of carbonyl (C=O) groups excluding carboxylic acids is 1. The summed E-state index contributed by atoms with van der Waals surface area (Å²) < 4.78 is 1.79. The summed E-state index contributed by atoms with van der Waals surface area (Å²) >= 11 is 0. The van der Waals surface area contributed by atoms with Gasteiger partial charge in [-0.05, 0) is 30.5 Å². The first-order chi connectivity index (χ1) is 8.50. The first-order valence-corrected chi connectivity index (χ1v) is 5.95. The molecular formula is C14H17N3O. The molecule has 18 heavy (non-hydrogen) atoms. The molecule has 4 heteroatoms. The average Bonchev–Trinajstić information content (AvgIpc) is 2.73. The molecule has 2 N–H and O–H groups in total. The summed E-state index contributed by atoms with van der Waals surface area (Å²) in [6.45, 7) is 6.07. The molecule has 0 saturated carbocycles. The fraction of sp³-hybridized carbons (Fsp3) is 0.286. The van der Waals surface area contributed by atoms with Crippen LogP contribution in [0.3, 0.4) is 0 Å². The van der Waals surface area contributed by atoms with Crippen LogP contribution in [0.25, 0.3) is 5.69 Å². The highest BCUT2D eigenvalue weighted by Crippen LogP contribution is 2.23. The van der Waals surface area contributed by atoms with Crippen LogP contribution >= 0.6 is 0 Å². The molecule has 0 aliphatic rings. The van der Waals surface area contributed by atoms with Crippen LogP contribution in [0.1, 0.15) is 41.4 Å². The van der Waals surface area contributed by atoms with Crippen LogP contribution in [0.5, 0.6) is 0 Å². The van der Waals surface area contributed by atoms with Crippen molar-refractivity contribution in [1.29, 1.82) is 0 Å². The molecule has 0 fully saturated rings. The summed E-state index contributed by atoms with van der Waals surface area (Å²) in [6, 6.07) is 8.00. The summed E-state index contributed by atoms with van der Waals surface area (Å²) in [7, 11) is 0. The van der Waals surface area contributed by atoms with Gasteiger partial charge < -0.3 is 5.73 Å². The maximum Gasteiger partial charge on any atom is 0.252 e. The van der Waals surface area contributed by atoms with Gasteiger partial charge in [-0.25, -0.2) is 4.68 Å². The van der Waals surface area contributed by atoms with Gasteiger partial charge in [0.05, 0.1) is 23.1 Å². The van der Waals surface area contributed by atoms with E-state index in [4.69, 9.17) is 5.73 Å². The third-order valence-electron chi connectivity index (χ3n) is 2.87. The van der Waals surface area contributed by atoms with Crippen LogP contribution in [0, 0.1) is 6.92 Å². The Hall–Kier alpha value is -2.10. The minimum absolute atomic E-state index is 0.176. The normalized spacial score (nSPS) is 10.9. The number of hydrogen-bond acceptors (Lipinski definition) is 2. The van der Waals surface area contributed by atoms with Gasteiger partial charge in [-0.1, -0.05) is 26.0 Å². The van der Waals surface area contributed by atoms with Crippen molar-refractivity contribution >= 4 is 5.91 Å². The summed E-state index contributed by atoms with van der Waals surface area (Å²) in [4.78, 5) is 11.4. The standard InChI is InChI=1S/C14H17N3O/c1-9(2)13-12(14(15)18)8-16-17(13)11-6-4-5-10(3)7-11/h4-9H,1-3H3,(H2,15,18). The molecule has 0 aliphatic carbocycles. The van der Waals surface area contributed by atoms with Crippen molar-refractivity contribution in [1.82, 2.24) is 9.78 Å². The van der Waals surface area contributed by atoms with E-state index in [0.29, 0.717) is 5.56 Å². The summed E-state index contributed by atoms with van der Waals surface area (Å²) in [6.07, 6.45) is 1.54. The van der Waals surface area contributed by atoms with Gasteiger partial charge >= 0.3 is 0 Å². The molecule has 0 aliphatic heterocycles. The van der Waals surface area contributed by atoms with E-state index >= 15 is 0 Å². The van der Waals surface area contributed by atoms with E-state index in [2.05, 4.69) is 5.10 Å². The SMILES string of the molecule is Cc1cccc(-n2ncc(C(N)=O)c2C(C)C)c1. The van der Waals surface area contributed by atoms with Crippen LogP contribution in [-0.4, -0.2) is 15.7 Å². The Bertz CT molecular complexity index is 584. The minimum Gasteiger partial charge on any atom is -0.365 e. The third-order valence-corrected chi connectivity index (χ3v) is 2.87. The number of hydrogen-bond donors (Lipinski definition) is 1. The Balaban J connectivity index is 2.61. The lowest BCUT2D eigenvalue weighted by Crippen LogP contribution is -2.15. The highest BCUT2D eigenvalue weighted by atomic mass is 16.1. The van der Waals surface area contributed by atoms with Gasteiger partial charge in [-0.15, -0.1) is 0 Å². The van der Waals surface area contributed by atoms with Crippen molar-refractivity contribution in [3.05, 3.63) is 47.3 Å². The molecule has 1 aromatic heterocycles. The summed E-state index contributed by atoms with van der Waals surface area (Å²) in [5.74, 6) is -0.256. The molecule has 2 rings (SSSR count). The van der Waals surface area contributed by atoms with Crippen LogP contribution in [0.15, 0.2) is 30.5 Å². The highest BCUT2D eigenvalue weighted by molar-refractivity contribution is 5.94. The number of benzene rings is 1. The number of rotatable bonds is 3. The minimum atomic E-state index is -0.433. The zero-order valence-electron chi connectivity index (χ0n) is 10.8. The van der Waals surface area contributed by atoms with Crippen molar-refractivity contribution in [2.45, 2.75) is 26.7 Å². The monoisotopic (exact) mass is 243 g/mol. The van der Waals surface area contributed by atoms with Gasteiger partial charge in [0.15, 0.2) is 0 Å². The molecule has 0 unspecified atom stereocenters. The fourth-order valence-corrected chi connectivity index (χ4v) is 2.07. The van der Waals surface area contributed by atoms with Crippen molar-refractivity contribution in [2.75, 3.05) is 0 Å². The molecule has 2 aromatic rings. The van der Waals surface area contributed by atoms with Gasteiger partial charge in [-0.2, -0.15) is 5.10 Å². The van der Waals surface area contributed by atoms with E-state index in [1.165, 1.54) is 0 Å². The quantitative estimate of drug-likeness (QED) is 0.899. The Labute approximate surface area is 106 Å². The van der Waals surface area contributed by atoms with Gasteiger partial charge in [0.2, 0.25) is 0 Å². The third kappa shape index (κ3) is 2.14. The Morgan fingerprint density at radius 3 is 2.67 bits per heavy atom. The van der Waals surface area contributed by atoms with E-state index in [-0.39, 0.29) is 5.92 Å². The molecule has 0 saturated heterocycles. The zero-order valence-corrected chi connectivity index (χ0v) is 10.8. The molecule has 0 radical (unpaired) electrons. The zero-order chi connectivity index (χ0) is 13.3. The highest BCUT2D eigenvalue weighted by Gasteiger charge is 2.18. The molecule has 1 amide bonds. The Kier molecular flexibility index (Phi) is 3.19. The molecule has 4 nitrogen and oxygen atoms in total. The maximum atomic E-state index is 11.4. The largest absolute Gasteiger partial charge is 0.365 e. The second-order valence-electron chi connectivity index (χ2n) is 4.71. The first kappa shape index (κ1) is 12.4. The van der Waals surface area contributed by atoms with Gasteiger partial charge in [0, 0.05) is 0 Å². The number of amides is 1. The van der Waals surface area contributed by atoms with Crippen LogP contribution in [-0.2, 0) is 0 Å². The average molecular weight is 243 g/mol. The maximum absolute atomic E-state index is 11.4. The van der Waals surface area contributed by atoms with E-state index < -0.39 is 5.91 Å². The van der Waals surface area contributed by atoms with E-state index in [1.54, 1.807) is 10.9 Å². The van der Waals surface area contributed by atoms with Gasteiger partial charge in [0.1, 0.15) is 0 Å². The molecule has 0 spiro atoms. The number of aryl methyl sites for hydroxylation is 1. The van der Waals surface area contributed by atoms with Crippen molar-refractivity contribution in [2.24, 2.45) is 5.73 Å². The lowest BCUT2D eigenvalue weighted by molar-refractivity contribution is 0.0999. The van der Waals surface area contributed by atoms with Crippen molar-refractivity contribution in [3.63, 3.8) is 0 Å². The molecule has 1 heterocycles. The van der Waals surface area contributed by atoms with Gasteiger partial charge in [0.25, 0.3) is 5.91 Å². The van der Waals surface area contributed by atoms with Gasteiger partial charge in [-0.3, -0.25) is 4.79 Å². The Morgan fingerprint density at radius 1 is 1.39 bits per heavy atom. The predicted octanol–water partition coefficient (Wildman–Crippen LogP) is 2.40. The number of nitrogens with two attached hydrogens (primary N) is 1. The number of aromatic nitrogens is 2. The Morgan fingerprint density at radius 2 is 2.11 bits per heavy atom. The summed E-state index contributed by atoms with van der Waals surface area (Å²) in [5, 5.41) is 4.29. The van der Waals surface area contributed by atoms with Crippen LogP contribution in [0.4, 0.5) is 0 Å². The fourth-order valence-electron chi connectivity index (χ4n) is 2.07. The van der Waals surface area contributed by atoms with Crippen molar-refractivity contribution in [3.8, 4) is 5.69 Å². The van der Waals surface area contributed by atoms with E-state index in [1.807, 2.05) is 45.0 Å². The topological polar surface area (TPSA) is 60.9 Å². The van der Waals surface area contributed by atoms with Crippen molar-refractivity contribution < 1.29 is 4.79 Å². The summed E-state index contributed by atoms with van der Waals surface area (Å²) in [5.41, 5.74) is 8.83. The predicted molar refractivity (Wildman–Crippen MR) is 70.9 cm³/mol. The first-order valence-electron chi connectivity index (χ1n) is 5.95.